The zero-order valence-electron chi connectivity index (χ0n) is 6.20. The first-order chi connectivity index (χ1) is 5.93. The largest absolute Gasteiger partial charge is 0.433 e. The van der Waals surface area contributed by atoms with Crippen molar-refractivity contribution in [2.45, 2.75) is 11.5 Å². The van der Waals surface area contributed by atoms with Gasteiger partial charge in [-0.05, 0) is 33.6 Å². The van der Waals surface area contributed by atoms with E-state index in [4.69, 9.17) is 0 Å². The molecule has 0 saturated carbocycles. The fraction of sp³-hybridized carbons (Fsp3) is 0.286. The molecule has 0 aromatic carbocycles. The number of aromatic nitrogens is 1. The molecule has 0 aliphatic carbocycles. The summed E-state index contributed by atoms with van der Waals surface area (Å²) < 4.78 is 36.7. The first-order valence-electron chi connectivity index (χ1n) is 3.23. The Morgan fingerprint density at radius 1 is 1.31 bits per heavy atom. The lowest BCUT2D eigenvalue weighted by molar-refractivity contribution is -0.141. The highest BCUT2D eigenvalue weighted by Gasteiger charge is 2.32. The maximum Gasteiger partial charge on any atom is 0.433 e. The number of rotatable bonds is 1. The lowest BCUT2D eigenvalue weighted by Gasteiger charge is -2.07. The third kappa shape index (κ3) is 2.95. The van der Waals surface area contributed by atoms with E-state index in [0.717, 1.165) is 6.07 Å². The van der Waals surface area contributed by atoms with Crippen LogP contribution in [0.2, 0.25) is 0 Å². The van der Waals surface area contributed by atoms with E-state index in [1.165, 1.54) is 6.07 Å². The molecule has 0 aliphatic heterocycles. The van der Waals surface area contributed by atoms with Crippen molar-refractivity contribution in [3.05, 3.63) is 28.0 Å². The van der Waals surface area contributed by atoms with Gasteiger partial charge in [-0.1, -0.05) is 15.9 Å². The van der Waals surface area contributed by atoms with Gasteiger partial charge in [-0.3, -0.25) is 0 Å². The van der Waals surface area contributed by atoms with Gasteiger partial charge >= 0.3 is 6.18 Å². The molecule has 1 nitrogen and oxygen atoms in total. The molecular weight excluding hydrogens is 315 g/mol. The Morgan fingerprint density at radius 2 is 1.92 bits per heavy atom. The van der Waals surface area contributed by atoms with Gasteiger partial charge in [0, 0.05) is 5.33 Å². The first-order valence-corrected chi connectivity index (χ1v) is 5.14. The van der Waals surface area contributed by atoms with Crippen LogP contribution < -0.4 is 0 Å². The minimum Gasteiger partial charge on any atom is -0.236 e. The second-order valence-electron chi connectivity index (χ2n) is 2.31. The molecule has 1 rings (SSSR count). The van der Waals surface area contributed by atoms with E-state index in [1.807, 2.05) is 0 Å². The molecule has 0 aliphatic rings. The van der Waals surface area contributed by atoms with Crippen molar-refractivity contribution in [1.82, 2.24) is 4.98 Å². The van der Waals surface area contributed by atoms with Gasteiger partial charge in [0.2, 0.25) is 0 Å². The number of pyridine rings is 1. The van der Waals surface area contributed by atoms with Crippen LogP contribution in [0.1, 0.15) is 11.3 Å². The van der Waals surface area contributed by atoms with Crippen LogP contribution in [0, 0.1) is 0 Å². The van der Waals surface area contributed by atoms with E-state index in [2.05, 4.69) is 36.8 Å². The van der Waals surface area contributed by atoms with Crippen molar-refractivity contribution in [3.63, 3.8) is 0 Å². The maximum atomic E-state index is 12.2. The van der Waals surface area contributed by atoms with Gasteiger partial charge in [-0.25, -0.2) is 4.98 Å². The highest BCUT2D eigenvalue weighted by Crippen LogP contribution is 2.29. The Morgan fingerprint density at radius 3 is 2.38 bits per heavy atom. The summed E-state index contributed by atoms with van der Waals surface area (Å²) in [6, 6.07) is 2.55. The summed E-state index contributed by atoms with van der Waals surface area (Å²) in [4.78, 5) is 3.32. The zero-order chi connectivity index (χ0) is 10.1. The van der Waals surface area contributed by atoms with E-state index < -0.39 is 11.9 Å². The monoisotopic (exact) mass is 317 g/mol. The summed E-state index contributed by atoms with van der Waals surface area (Å²) in [7, 11) is 0. The lowest BCUT2D eigenvalue weighted by atomic mass is 10.2. The summed E-state index contributed by atoms with van der Waals surface area (Å²) >= 11 is 5.99. The third-order valence-corrected chi connectivity index (χ3v) is 2.35. The highest BCUT2D eigenvalue weighted by molar-refractivity contribution is 9.10. The number of hydrogen-bond donors (Lipinski definition) is 0. The van der Waals surface area contributed by atoms with Crippen molar-refractivity contribution in [2.75, 3.05) is 0 Å². The zero-order valence-corrected chi connectivity index (χ0v) is 9.37. The van der Waals surface area contributed by atoms with Gasteiger partial charge in [0.05, 0.1) is 0 Å². The van der Waals surface area contributed by atoms with Crippen molar-refractivity contribution < 1.29 is 13.2 Å². The molecule has 13 heavy (non-hydrogen) atoms. The summed E-state index contributed by atoms with van der Waals surface area (Å²) in [6.45, 7) is 0. The SMILES string of the molecule is FC(F)(F)c1cc(CBr)cc(Br)n1. The van der Waals surface area contributed by atoms with Crippen LogP contribution >= 0.6 is 31.9 Å². The standard InChI is InChI=1S/C7H4Br2F3N/c8-3-4-1-5(7(10,11)12)13-6(9)2-4/h1-2H,3H2. The molecule has 0 spiro atoms. The van der Waals surface area contributed by atoms with E-state index >= 15 is 0 Å². The average Bonchev–Trinajstić information content (AvgIpc) is 2.01. The molecule has 0 fully saturated rings. The van der Waals surface area contributed by atoms with Gasteiger partial charge in [0.25, 0.3) is 0 Å². The molecule has 0 amide bonds. The molecule has 1 aromatic rings. The molecule has 0 atom stereocenters. The minimum atomic E-state index is -4.39. The van der Waals surface area contributed by atoms with E-state index in [-0.39, 0.29) is 4.60 Å². The normalized spacial score (nSPS) is 11.8. The van der Waals surface area contributed by atoms with Crippen LogP contribution in [0.3, 0.4) is 0 Å². The van der Waals surface area contributed by atoms with Crippen LogP contribution in [0.15, 0.2) is 16.7 Å². The quantitative estimate of drug-likeness (QED) is 0.567. The number of nitrogens with zero attached hydrogens (tertiary/aromatic N) is 1. The summed E-state index contributed by atoms with van der Waals surface area (Å²) in [6.07, 6.45) is -4.39. The second kappa shape index (κ2) is 3.96. The summed E-state index contributed by atoms with van der Waals surface area (Å²) in [5.74, 6) is 0. The van der Waals surface area contributed by atoms with Gasteiger partial charge < -0.3 is 0 Å². The smallest absolute Gasteiger partial charge is 0.236 e. The Kier molecular flexibility index (Phi) is 3.34. The predicted molar refractivity (Wildman–Crippen MR) is 49.6 cm³/mol. The van der Waals surface area contributed by atoms with Gasteiger partial charge in [-0.2, -0.15) is 13.2 Å². The average molecular weight is 319 g/mol. The lowest BCUT2D eigenvalue weighted by Crippen LogP contribution is -2.08. The van der Waals surface area contributed by atoms with Gasteiger partial charge in [0.1, 0.15) is 10.3 Å². The van der Waals surface area contributed by atoms with Crippen LogP contribution in [0.4, 0.5) is 13.2 Å². The van der Waals surface area contributed by atoms with Crippen LogP contribution in [0.5, 0.6) is 0 Å². The Hall–Kier alpha value is -0.100. The molecule has 0 unspecified atom stereocenters. The van der Waals surface area contributed by atoms with E-state index in [0.29, 0.717) is 10.9 Å². The molecular formula is C7H4Br2F3N. The fourth-order valence-electron chi connectivity index (χ4n) is 0.772. The van der Waals surface area contributed by atoms with Crippen LogP contribution in [-0.4, -0.2) is 4.98 Å². The van der Waals surface area contributed by atoms with Gasteiger partial charge in [0.15, 0.2) is 0 Å². The molecule has 72 valence electrons. The summed E-state index contributed by atoms with van der Waals surface area (Å²) in [5, 5.41) is 0.372. The topological polar surface area (TPSA) is 12.9 Å². The minimum absolute atomic E-state index is 0.191. The molecule has 0 saturated heterocycles. The number of halogens is 5. The van der Waals surface area contributed by atoms with Crippen LogP contribution in [-0.2, 0) is 11.5 Å². The Bertz CT molecular complexity index is 311. The number of hydrogen-bond acceptors (Lipinski definition) is 1. The Balaban J connectivity index is 3.16. The van der Waals surface area contributed by atoms with E-state index in [9.17, 15) is 13.2 Å². The molecule has 0 radical (unpaired) electrons. The van der Waals surface area contributed by atoms with Crippen LogP contribution in [0.25, 0.3) is 0 Å². The molecule has 0 bridgehead atoms. The van der Waals surface area contributed by atoms with E-state index in [1.54, 1.807) is 0 Å². The second-order valence-corrected chi connectivity index (χ2v) is 3.69. The van der Waals surface area contributed by atoms with Gasteiger partial charge in [-0.15, -0.1) is 0 Å². The molecule has 1 aromatic heterocycles. The first kappa shape index (κ1) is 11.0. The molecule has 6 heteroatoms. The summed E-state index contributed by atoms with van der Waals surface area (Å²) in [5.41, 5.74) is -0.342. The Labute approximate surface area is 89.6 Å². The highest BCUT2D eigenvalue weighted by atomic mass is 79.9. The predicted octanol–water partition coefficient (Wildman–Crippen LogP) is 3.76. The van der Waals surface area contributed by atoms with Crippen molar-refractivity contribution in [1.29, 1.82) is 0 Å². The maximum absolute atomic E-state index is 12.2. The van der Waals surface area contributed by atoms with Crippen molar-refractivity contribution in [3.8, 4) is 0 Å². The number of alkyl halides is 4. The molecule has 0 N–H and O–H groups in total. The molecule has 1 heterocycles. The van der Waals surface area contributed by atoms with Crippen molar-refractivity contribution >= 4 is 31.9 Å². The third-order valence-electron chi connectivity index (χ3n) is 1.30. The fourth-order valence-corrected chi connectivity index (χ4v) is 1.58. The van der Waals surface area contributed by atoms with Crippen molar-refractivity contribution in [2.24, 2.45) is 0 Å².